The molecule has 0 unspecified atom stereocenters. The highest BCUT2D eigenvalue weighted by molar-refractivity contribution is 7.80. The van der Waals surface area contributed by atoms with Crippen molar-refractivity contribution in [3.05, 3.63) is 60.7 Å². The van der Waals surface area contributed by atoms with E-state index in [9.17, 15) is 0 Å². The Balaban J connectivity index is 2.07. The quantitative estimate of drug-likeness (QED) is 0.711. The molecule has 4 heteroatoms. The van der Waals surface area contributed by atoms with Crippen LogP contribution in [0.1, 0.15) is 0 Å². The second kappa shape index (κ2) is 4.66. The van der Waals surface area contributed by atoms with E-state index in [1.807, 2.05) is 60.7 Å². The molecule has 0 saturated carbocycles. The van der Waals surface area contributed by atoms with Gasteiger partial charge < -0.3 is 0 Å². The summed E-state index contributed by atoms with van der Waals surface area (Å²) in [6, 6.07) is 19.7. The van der Waals surface area contributed by atoms with Gasteiger partial charge in [-0.15, -0.1) is 17.7 Å². The van der Waals surface area contributed by atoms with E-state index in [0.29, 0.717) is 11.0 Å². The van der Waals surface area contributed by atoms with E-state index in [1.165, 1.54) is 0 Å². The van der Waals surface area contributed by atoms with E-state index in [4.69, 9.17) is 0 Å². The zero-order valence-corrected chi connectivity index (χ0v) is 10.5. The van der Waals surface area contributed by atoms with Gasteiger partial charge >= 0.3 is 0 Å². The molecule has 0 aliphatic rings. The summed E-state index contributed by atoms with van der Waals surface area (Å²) in [4.78, 5) is 4.37. The van der Waals surface area contributed by atoms with Crippen LogP contribution in [0.15, 0.2) is 65.8 Å². The minimum atomic E-state index is 0.583. The van der Waals surface area contributed by atoms with Crippen LogP contribution >= 0.6 is 12.6 Å². The molecule has 0 aliphatic heterocycles. The maximum atomic E-state index is 4.48. The van der Waals surface area contributed by atoms with E-state index in [0.717, 1.165) is 11.3 Å². The first-order valence-electron chi connectivity index (χ1n) is 5.61. The number of rotatable bonds is 2. The Kier molecular flexibility index (Phi) is 2.86. The third-order valence-electron chi connectivity index (χ3n) is 2.62. The first kappa shape index (κ1) is 11.0. The normalized spacial score (nSPS) is 10.5. The second-order valence-corrected chi connectivity index (χ2v) is 4.25. The van der Waals surface area contributed by atoms with Gasteiger partial charge in [0, 0.05) is 5.56 Å². The fourth-order valence-electron chi connectivity index (χ4n) is 1.76. The second-order valence-electron chi connectivity index (χ2n) is 3.85. The van der Waals surface area contributed by atoms with E-state index in [1.54, 1.807) is 4.68 Å². The van der Waals surface area contributed by atoms with Gasteiger partial charge in [0.15, 0.2) is 11.0 Å². The maximum Gasteiger partial charge on any atom is 0.188 e. The molecule has 1 heterocycles. The van der Waals surface area contributed by atoms with Crippen molar-refractivity contribution < 1.29 is 0 Å². The van der Waals surface area contributed by atoms with Gasteiger partial charge in [-0.25, -0.2) is 9.67 Å². The third kappa shape index (κ3) is 2.02. The predicted molar refractivity (Wildman–Crippen MR) is 74.0 cm³/mol. The molecule has 0 fully saturated rings. The van der Waals surface area contributed by atoms with Crippen molar-refractivity contribution >= 4 is 12.6 Å². The Morgan fingerprint density at radius 1 is 0.833 bits per heavy atom. The first-order valence-corrected chi connectivity index (χ1v) is 6.06. The van der Waals surface area contributed by atoms with Crippen molar-refractivity contribution in [2.45, 2.75) is 5.16 Å². The van der Waals surface area contributed by atoms with Crippen molar-refractivity contribution in [2.24, 2.45) is 0 Å². The van der Waals surface area contributed by atoms with Crippen molar-refractivity contribution in [1.82, 2.24) is 14.8 Å². The number of nitrogens with zero attached hydrogens (tertiary/aromatic N) is 3. The van der Waals surface area contributed by atoms with E-state index in [2.05, 4.69) is 22.7 Å². The average Bonchev–Trinajstić information content (AvgIpc) is 2.83. The third-order valence-corrected chi connectivity index (χ3v) is 2.91. The van der Waals surface area contributed by atoms with Crippen molar-refractivity contribution in [3.63, 3.8) is 0 Å². The van der Waals surface area contributed by atoms with Crippen molar-refractivity contribution in [2.75, 3.05) is 0 Å². The van der Waals surface area contributed by atoms with Crippen LogP contribution in [0.3, 0.4) is 0 Å². The summed E-state index contributed by atoms with van der Waals surface area (Å²) in [6.07, 6.45) is 0. The Morgan fingerprint density at radius 2 is 1.44 bits per heavy atom. The van der Waals surface area contributed by atoms with Crippen molar-refractivity contribution in [3.8, 4) is 17.1 Å². The van der Waals surface area contributed by atoms with Crippen LogP contribution in [-0.2, 0) is 0 Å². The number of aromatic nitrogens is 3. The molecule has 3 nitrogen and oxygen atoms in total. The molecule has 88 valence electrons. The number of benzene rings is 2. The Morgan fingerprint density at radius 3 is 2.11 bits per heavy atom. The highest BCUT2D eigenvalue weighted by Crippen LogP contribution is 2.19. The lowest BCUT2D eigenvalue weighted by Gasteiger charge is -2.00. The van der Waals surface area contributed by atoms with Crippen LogP contribution in [-0.4, -0.2) is 14.8 Å². The summed E-state index contributed by atoms with van der Waals surface area (Å²) in [5.41, 5.74) is 1.94. The van der Waals surface area contributed by atoms with Crippen LogP contribution in [0.4, 0.5) is 0 Å². The predicted octanol–water partition coefficient (Wildman–Crippen LogP) is 3.22. The van der Waals surface area contributed by atoms with Crippen LogP contribution in [0.25, 0.3) is 17.1 Å². The number of para-hydroxylation sites is 1. The highest BCUT2D eigenvalue weighted by atomic mass is 32.1. The summed E-state index contributed by atoms with van der Waals surface area (Å²) in [5.74, 6) is 0.685. The van der Waals surface area contributed by atoms with Crippen LogP contribution in [0.2, 0.25) is 0 Å². The number of hydrogen-bond donors (Lipinski definition) is 1. The minimum absolute atomic E-state index is 0.583. The van der Waals surface area contributed by atoms with E-state index in [-0.39, 0.29) is 0 Å². The summed E-state index contributed by atoms with van der Waals surface area (Å²) in [5, 5.41) is 5.06. The Labute approximate surface area is 111 Å². The minimum Gasteiger partial charge on any atom is -0.207 e. The van der Waals surface area contributed by atoms with Gasteiger partial charge in [-0.05, 0) is 12.1 Å². The van der Waals surface area contributed by atoms with Crippen LogP contribution in [0, 0.1) is 0 Å². The van der Waals surface area contributed by atoms with E-state index >= 15 is 0 Å². The Bertz CT molecular complexity index is 647. The van der Waals surface area contributed by atoms with Gasteiger partial charge in [-0.3, -0.25) is 0 Å². The fourth-order valence-corrected chi connectivity index (χ4v) is 2.01. The molecule has 0 aliphatic carbocycles. The summed E-state index contributed by atoms with van der Waals surface area (Å²) >= 11 is 4.37. The van der Waals surface area contributed by atoms with Crippen molar-refractivity contribution in [1.29, 1.82) is 0 Å². The summed E-state index contributed by atoms with van der Waals surface area (Å²) in [6.45, 7) is 0. The zero-order valence-electron chi connectivity index (χ0n) is 9.56. The fraction of sp³-hybridized carbons (Fsp3) is 0. The molecule has 0 amide bonds. The number of hydrogen-bond acceptors (Lipinski definition) is 3. The number of thiol groups is 1. The zero-order chi connectivity index (χ0) is 12.4. The molecule has 0 saturated heterocycles. The van der Waals surface area contributed by atoms with Crippen LogP contribution < -0.4 is 0 Å². The van der Waals surface area contributed by atoms with Gasteiger partial charge in [-0.2, -0.15) is 0 Å². The van der Waals surface area contributed by atoms with Gasteiger partial charge in [0.2, 0.25) is 0 Å². The van der Waals surface area contributed by atoms with Gasteiger partial charge in [0.05, 0.1) is 5.69 Å². The highest BCUT2D eigenvalue weighted by Gasteiger charge is 2.09. The topological polar surface area (TPSA) is 30.7 Å². The van der Waals surface area contributed by atoms with Crippen LogP contribution in [0.5, 0.6) is 0 Å². The average molecular weight is 253 g/mol. The lowest BCUT2D eigenvalue weighted by molar-refractivity contribution is 0.790. The molecular formula is C14H11N3S. The van der Waals surface area contributed by atoms with Gasteiger partial charge in [0.1, 0.15) is 0 Å². The molecule has 2 aromatic carbocycles. The first-order chi connectivity index (χ1) is 8.84. The summed E-state index contributed by atoms with van der Waals surface area (Å²) < 4.78 is 1.73. The lowest BCUT2D eigenvalue weighted by atomic mass is 10.2. The smallest absolute Gasteiger partial charge is 0.188 e. The molecular weight excluding hydrogens is 242 g/mol. The molecule has 0 spiro atoms. The van der Waals surface area contributed by atoms with Gasteiger partial charge in [-0.1, -0.05) is 48.5 Å². The maximum absolute atomic E-state index is 4.48. The molecule has 3 aromatic rings. The Hall–Kier alpha value is -2.07. The summed E-state index contributed by atoms with van der Waals surface area (Å²) in [7, 11) is 0. The molecule has 0 N–H and O–H groups in total. The standard InChI is InChI=1S/C14H11N3S/c18-14-15-13(11-7-3-1-4-8-11)16-17(14)12-9-5-2-6-10-12/h1-10H,(H,15,16,18). The molecule has 1 aromatic heterocycles. The molecule has 0 bridgehead atoms. The molecule has 3 rings (SSSR count). The van der Waals surface area contributed by atoms with E-state index < -0.39 is 0 Å². The molecule has 0 radical (unpaired) electrons. The molecule has 0 atom stereocenters. The SMILES string of the molecule is Sc1nc(-c2ccccc2)nn1-c1ccccc1. The largest absolute Gasteiger partial charge is 0.207 e. The lowest BCUT2D eigenvalue weighted by Crippen LogP contribution is -1.96. The molecule has 18 heavy (non-hydrogen) atoms. The monoisotopic (exact) mass is 253 g/mol. The van der Waals surface area contributed by atoms with Gasteiger partial charge in [0.25, 0.3) is 0 Å².